The van der Waals surface area contributed by atoms with Gasteiger partial charge in [0.1, 0.15) is 12.2 Å². The number of hydrogen-bond acceptors (Lipinski definition) is 5. The molecule has 0 aromatic heterocycles. The summed E-state index contributed by atoms with van der Waals surface area (Å²) in [5.41, 5.74) is 4.24. The van der Waals surface area contributed by atoms with Crippen LogP contribution in [0, 0.1) is 0 Å². The molecule has 0 atom stereocenters. The van der Waals surface area contributed by atoms with E-state index in [4.69, 9.17) is 17.4 Å². The highest BCUT2D eigenvalue weighted by atomic mass is 32.2. The van der Waals surface area contributed by atoms with Crippen LogP contribution in [-0.2, 0) is 22.6 Å². The van der Waals surface area contributed by atoms with Crippen molar-refractivity contribution in [1.82, 2.24) is 10.6 Å². The SMILES string of the molecule is CC(C)(C)c1ccc(CNC(=S)NCCc2ccc(C(=O)OSN)cc2)cc1. The van der Waals surface area contributed by atoms with Crippen LogP contribution in [0.3, 0.4) is 0 Å². The van der Waals surface area contributed by atoms with E-state index in [2.05, 4.69) is 59.9 Å². The normalized spacial score (nSPS) is 11.0. The third-order valence-corrected chi connectivity index (χ3v) is 4.82. The summed E-state index contributed by atoms with van der Waals surface area (Å²) in [6.07, 6.45) is 0.795. The fourth-order valence-electron chi connectivity index (χ4n) is 2.59. The maximum absolute atomic E-state index is 11.6. The fourth-order valence-corrected chi connectivity index (χ4v) is 2.94. The molecule has 0 spiro atoms. The van der Waals surface area contributed by atoms with Gasteiger partial charge in [-0.05, 0) is 52.9 Å². The summed E-state index contributed by atoms with van der Waals surface area (Å²) in [5, 5.41) is 12.2. The highest BCUT2D eigenvalue weighted by Crippen LogP contribution is 2.22. The molecule has 5 nitrogen and oxygen atoms in total. The minimum Gasteiger partial charge on any atom is -0.371 e. The van der Waals surface area contributed by atoms with Crippen molar-refractivity contribution in [1.29, 1.82) is 0 Å². The highest BCUT2D eigenvalue weighted by molar-refractivity contribution is 7.92. The number of carbonyl (C=O) groups is 1. The van der Waals surface area contributed by atoms with Gasteiger partial charge < -0.3 is 14.8 Å². The van der Waals surface area contributed by atoms with Gasteiger partial charge in [-0.15, -0.1) is 0 Å². The predicted octanol–water partition coefficient (Wildman–Crippen LogP) is 3.87. The second-order valence-corrected chi connectivity index (χ2v) is 8.24. The van der Waals surface area contributed by atoms with Crippen LogP contribution in [-0.4, -0.2) is 17.6 Å². The Morgan fingerprint density at radius 3 is 2.21 bits per heavy atom. The molecule has 0 saturated heterocycles. The Kier molecular flexibility index (Phi) is 8.29. The summed E-state index contributed by atoms with van der Waals surface area (Å²) in [5.74, 6) is -0.446. The van der Waals surface area contributed by atoms with Crippen LogP contribution < -0.4 is 15.8 Å². The number of carbonyl (C=O) groups excluding carboxylic acids is 1. The lowest BCUT2D eigenvalue weighted by Gasteiger charge is -2.19. The van der Waals surface area contributed by atoms with Gasteiger partial charge in [0.25, 0.3) is 0 Å². The Bertz CT molecular complexity index is 785. The van der Waals surface area contributed by atoms with E-state index in [1.807, 2.05) is 12.1 Å². The molecule has 7 heteroatoms. The van der Waals surface area contributed by atoms with Crippen LogP contribution >= 0.6 is 24.4 Å². The first kappa shape index (κ1) is 22.2. The van der Waals surface area contributed by atoms with Crippen LogP contribution in [0.1, 0.15) is 47.8 Å². The molecule has 0 aliphatic rings. The summed E-state index contributed by atoms with van der Waals surface area (Å²) in [6, 6.07) is 15.8. The molecule has 0 aliphatic carbocycles. The molecule has 0 aliphatic heterocycles. The van der Waals surface area contributed by atoms with Crippen LogP contribution in [0.25, 0.3) is 0 Å². The van der Waals surface area contributed by atoms with Gasteiger partial charge in [-0.3, -0.25) is 0 Å². The van der Waals surface area contributed by atoms with Crippen molar-refractivity contribution >= 4 is 35.5 Å². The van der Waals surface area contributed by atoms with E-state index in [1.54, 1.807) is 12.1 Å². The van der Waals surface area contributed by atoms with Crippen LogP contribution in [0.15, 0.2) is 48.5 Å². The predicted molar refractivity (Wildman–Crippen MR) is 120 cm³/mol. The van der Waals surface area contributed by atoms with Gasteiger partial charge in [0.2, 0.25) is 0 Å². The Morgan fingerprint density at radius 2 is 1.64 bits per heavy atom. The van der Waals surface area contributed by atoms with Gasteiger partial charge >= 0.3 is 5.97 Å². The summed E-state index contributed by atoms with van der Waals surface area (Å²) < 4.78 is 4.68. The maximum atomic E-state index is 11.6. The lowest BCUT2D eigenvalue weighted by molar-refractivity contribution is 0.0768. The third kappa shape index (κ3) is 7.14. The Hall–Kier alpha value is -2.09. The minimum absolute atomic E-state index is 0.157. The Balaban J connectivity index is 1.72. The van der Waals surface area contributed by atoms with Crippen molar-refractivity contribution in [2.24, 2.45) is 5.14 Å². The van der Waals surface area contributed by atoms with Crippen molar-refractivity contribution in [3.8, 4) is 0 Å². The van der Waals surface area contributed by atoms with Gasteiger partial charge in [0.15, 0.2) is 5.11 Å². The molecular weight excluding hydrogens is 390 g/mol. The fraction of sp³-hybridized carbons (Fsp3) is 0.333. The third-order valence-electron chi connectivity index (χ3n) is 4.29. The number of benzene rings is 2. The standard InChI is InChI=1S/C21H27N3O2S2/c1-21(2,3)18-10-6-16(7-11-18)14-24-20(27)23-13-12-15-4-8-17(9-5-15)19(25)26-28-22/h4-11H,12-14,22H2,1-3H3,(H2,23,24,27). The Labute approximate surface area is 176 Å². The van der Waals surface area contributed by atoms with Gasteiger partial charge in [0, 0.05) is 13.1 Å². The molecule has 2 aromatic rings. The first-order chi connectivity index (χ1) is 13.3. The molecule has 2 rings (SSSR count). The molecule has 0 amide bonds. The van der Waals surface area contributed by atoms with Crippen LogP contribution in [0.4, 0.5) is 0 Å². The Morgan fingerprint density at radius 1 is 1.04 bits per heavy atom. The maximum Gasteiger partial charge on any atom is 0.351 e. The molecular formula is C21H27N3O2S2. The number of nitrogens with one attached hydrogen (secondary N) is 2. The number of thiocarbonyl (C=S) groups is 1. The van der Waals surface area contributed by atoms with Crippen molar-refractivity contribution in [2.75, 3.05) is 6.54 Å². The molecule has 0 bridgehead atoms. The topological polar surface area (TPSA) is 76.4 Å². The van der Waals surface area contributed by atoms with Crippen LogP contribution in [0.2, 0.25) is 0 Å². The molecule has 0 fully saturated rings. The zero-order chi connectivity index (χ0) is 20.6. The van der Waals surface area contributed by atoms with Gasteiger partial charge in [-0.2, -0.15) is 0 Å². The van der Waals surface area contributed by atoms with Crippen molar-refractivity contribution in [3.05, 3.63) is 70.8 Å². The molecule has 0 saturated carbocycles. The van der Waals surface area contributed by atoms with E-state index in [9.17, 15) is 4.79 Å². The summed E-state index contributed by atoms with van der Waals surface area (Å²) in [4.78, 5) is 11.6. The number of rotatable bonds is 7. The molecule has 0 heterocycles. The molecule has 150 valence electrons. The largest absolute Gasteiger partial charge is 0.371 e. The smallest absolute Gasteiger partial charge is 0.351 e. The van der Waals surface area contributed by atoms with Crippen molar-refractivity contribution in [3.63, 3.8) is 0 Å². The zero-order valence-electron chi connectivity index (χ0n) is 16.5. The first-order valence-corrected chi connectivity index (χ1v) is 10.3. The van der Waals surface area contributed by atoms with E-state index >= 15 is 0 Å². The average molecular weight is 418 g/mol. The molecule has 2 aromatic carbocycles. The second-order valence-electron chi connectivity index (χ2n) is 7.47. The quantitative estimate of drug-likeness (QED) is 0.359. The van der Waals surface area contributed by atoms with Crippen molar-refractivity contribution < 1.29 is 8.98 Å². The second kappa shape index (κ2) is 10.5. The van der Waals surface area contributed by atoms with E-state index in [0.717, 1.165) is 12.0 Å². The monoisotopic (exact) mass is 417 g/mol. The van der Waals surface area contributed by atoms with E-state index in [1.165, 1.54) is 11.1 Å². The average Bonchev–Trinajstić information content (AvgIpc) is 2.67. The number of nitrogens with two attached hydrogens (primary N) is 1. The van der Waals surface area contributed by atoms with E-state index in [-0.39, 0.29) is 5.41 Å². The van der Waals surface area contributed by atoms with E-state index in [0.29, 0.717) is 36.0 Å². The summed E-state index contributed by atoms with van der Waals surface area (Å²) in [7, 11) is 0. The van der Waals surface area contributed by atoms with Crippen molar-refractivity contribution in [2.45, 2.75) is 39.2 Å². The summed E-state index contributed by atoms with van der Waals surface area (Å²) >= 11 is 5.89. The van der Waals surface area contributed by atoms with Gasteiger partial charge in [-0.1, -0.05) is 57.2 Å². The van der Waals surface area contributed by atoms with Gasteiger partial charge in [0.05, 0.1) is 5.56 Å². The molecule has 0 unspecified atom stereocenters. The molecule has 28 heavy (non-hydrogen) atoms. The highest BCUT2D eigenvalue weighted by Gasteiger charge is 2.12. The van der Waals surface area contributed by atoms with Gasteiger partial charge in [-0.25, -0.2) is 9.93 Å². The summed E-state index contributed by atoms with van der Waals surface area (Å²) in [6.45, 7) is 8.01. The minimum atomic E-state index is -0.446. The lowest BCUT2D eigenvalue weighted by Crippen LogP contribution is -2.35. The first-order valence-electron chi connectivity index (χ1n) is 9.07. The zero-order valence-corrected chi connectivity index (χ0v) is 18.1. The lowest BCUT2D eigenvalue weighted by atomic mass is 9.87. The van der Waals surface area contributed by atoms with Crippen LogP contribution in [0.5, 0.6) is 0 Å². The van der Waals surface area contributed by atoms with E-state index < -0.39 is 5.97 Å². The number of hydrogen-bond donors (Lipinski definition) is 3. The molecule has 4 N–H and O–H groups in total. The molecule has 0 radical (unpaired) electrons.